The monoisotopic (exact) mass is 287 g/mol. The Morgan fingerprint density at radius 1 is 1.53 bits per heavy atom. The molecule has 1 amide bonds. The summed E-state index contributed by atoms with van der Waals surface area (Å²) in [5.41, 5.74) is 0.529. The third-order valence-electron chi connectivity index (χ3n) is 2.57. The zero-order chi connectivity index (χ0) is 10.9. The molecule has 0 aromatic heterocycles. The lowest BCUT2D eigenvalue weighted by molar-refractivity contribution is 0.0936. The molecule has 0 bridgehead atoms. The highest BCUT2D eigenvalue weighted by Gasteiger charge is 2.43. The quantitative estimate of drug-likeness (QED) is 0.851. The Kier molecular flexibility index (Phi) is 3.03. The van der Waals surface area contributed by atoms with E-state index in [1.54, 1.807) is 12.1 Å². The van der Waals surface area contributed by atoms with Crippen molar-refractivity contribution in [3.8, 4) is 0 Å². The maximum absolute atomic E-state index is 11.8. The molecule has 0 heterocycles. The van der Waals surface area contributed by atoms with Gasteiger partial charge in [0.15, 0.2) is 0 Å². The van der Waals surface area contributed by atoms with Crippen molar-refractivity contribution < 1.29 is 4.79 Å². The highest BCUT2D eigenvalue weighted by atomic mass is 79.9. The van der Waals surface area contributed by atoms with Crippen molar-refractivity contribution in [3.63, 3.8) is 0 Å². The van der Waals surface area contributed by atoms with E-state index in [2.05, 4.69) is 21.2 Å². The molecule has 15 heavy (non-hydrogen) atoms. The van der Waals surface area contributed by atoms with Gasteiger partial charge in [-0.3, -0.25) is 4.79 Å². The fourth-order valence-electron chi connectivity index (χ4n) is 1.39. The summed E-state index contributed by atoms with van der Waals surface area (Å²) in [4.78, 5) is 11.8. The Bertz CT molecular complexity index is 390. The van der Waals surface area contributed by atoms with Gasteiger partial charge in [-0.15, -0.1) is 11.6 Å². The molecule has 0 atom stereocenters. The molecule has 0 radical (unpaired) electrons. The largest absolute Gasteiger partial charge is 0.345 e. The number of hydrogen-bond donors (Lipinski definition) is 1. The van der Waals surface area contributed by atoms with E-state index in [9.17, 15) is 4.79 Å². The molecule has 2 rings (SSSR count). The molecular weight excluding hydrogens is 277 g/mol. The third kappa shape index (κ3) is 2.52. The van der Waals surface area contributed by atoms with E-state index in [1.165, 1.54) is 0 Å². The zero-order valence-electron chi connectivity index (χ0n) is 8.09. The lowest BCUT2D eigenvalue weighted by Crippen LogP contribution is -2.38. The SMILES string of the molecule is O=C(NC1(CCl)CC1)c1cccc(Br)c1. The number of rotatable bonds is 3. The molecular formula is C11H11BrClNO. The van der Waals surface area contributed by atoms with E-state index < -0.39 is 0 Å². The second-order valence-corrected chi connectivity index (χ2v) is 5.06. The van der Waals surface area contributed by atoms with Crippen molar-refractivity contribution in [2.24, 2.45) is 0 Å². The Morgan fingerprint density at radius 3 is 2.80 bits per heavy atom. The van der Waals surface area contributed by atoms with Gasteiger partial charge in [-0.25, -0.2) is 0 Å². The van der Waals surface area contributed by atoms with Crippen LogP contribution in [0.5, 0.6) is 0 Å². The van der Waals surface area contributed by atoms with Crippen LogP contribution in [0, 0.1) is 0 Å². The molecule has 0 unspecified atom stereocenters. The minimum Gasteiger partial charge on any atom is -0.345 e. The maximum atomic E-state index is 11.8. The van der Waals surface area contributed by atoms with E-state index in [1.807, 2.05) is 12.1 Å². The van der Waals surface area contributed by atoms with Crippen molar-refractivity contribution in [2.45, 2.75) is 18.4 Å². The molecule has 0 saturated heterocycles. The zero-order valence-corrected chi connectivity index (χ0v) is 10.4. The van der Waals surface area contributed by atoms with Crippen LogP contribution in [0.2, 0.25) is 0 Å². The second kappa shape index (κ2) is 4.14. The van der Waals surface area contributed by atoms with Gasteiger partial charge in [0, 0.05) is 15.9 Å². The van der Waals surface area contributed by atoms with Crippen molar-refractivity contribution in [2.75, 3.05) is 5.88 Å². The van der Waals surface area contributed by atoms with Gasteiger partial charge in [0.1, 0.15) is 0 Å². The van der Waals surface area contributed by atoms with E-state index in [0.29, 0.717) is 11.4 Å². The summed E-state index contributed by atoms with van der Waals surface area (Å²) in [7, 11) is 0. The molecule has 1 fully saturated rings. The van der Waals surface area contributed by atoms with Gasteiger partial charge in [0.2, 0.25) is 0 Å². The number of benzene rings is 1. The molecule has 4 heteroatoms. The highest BCUT2D eigenvalue weighted by Crippen LogP contribution is 2.36. The van der Waals surface area contributed by atoms with E-state index in [0.717, 1.165) is 17.3 Å². The van der Waals surface area contributed by atoms with E-state index >= 15 is 0 Å². The molecule has 0 aliphatic heterocycles. The first-order chi connectivity index (χ1) is 7.15. The van der Waals surface area contributed by atoms with Gasteiger partial charge in [-0.05, 0) is 31.0 Å². The van der Waals surface area contributed by atoms with Gasteiger partial charge >= 0.3 is 0 Å². The summed E-state index contributed by atoms with van der Waals surface area (Å²) in [6, 6.07) is 7.34. The molecule has 1 N–H and O–H groups in total. The normalized spacial score (nSPS) is 17.2. The molecule has 0 spiro atoms. The van der Waals surface area contributed by atoms with Crippen molar-refractivity contribution >= 4 is 33.4 Å². The third-order valence-corrected chi connectivity index (χ3v) is 3.58. The highest BCUT2D eigenvalue weighted by molar-refractivity contribution is 9.10. The van der Waals surface area contributed by atoms with Crippen LogP contribution in [0.25, 0.3) is 0 Å². The first-order valence-corrected chi connectivity index (χ1v) is 6.12. The Morgan fingerprint density at radius 2 is 2.27 bits per heavy atom. The summed E-state index contributed by atoms with van der Waals surface area (Å²) >= 11 is 9.13. The van der Waals surface area contributed by atoms with Crippen molar-refractivity contribution in [1.82, 2.24) is 5.32 Å². The van der Waals surface area contributed by atoms with Gasteiger partial charge in [-0.1, -0.05) is 22.0 Å². The summed E-state index contributed by atoms with van der Waals surface area (Å²) in [5, 5.41) is 2.97. The Hall–Kier alpha value is -0.540. The van der Waals surface area contributed by atoms with Gasteiger partial charge in [-0.2, -0.15) is 0 Å². The first kappa shape index (κ1) is 11.0. The lowest BCUT2D eigenvalue weighted by Gasteiger charge is -2.13. The number of halogens is 2. The number of hydrogen-bond acceptors (Lipinski definition) is 1. The van der Waals surface area contributed by atoms with Crippen LogP contribution in [0.15, 0.2) is 28.7 Å². The van der Waals surface area contributed by atoms with Crippen LogP contribution in [-0.4, -0.2) is 17.3 Å². The molecule has 1 saturated carbocycles. The summed E-state index contributed by atoms with van der Waals surface area (Å²) < 4.78 is 0.908. The first-order valence-electron chi connectivity index (χ1n) is 4.79. The predicted molar refractivity (Wildman–Crippen MR) is 64.3 cm³/mol. The fourth-order valence-corrected chi connectivity index (χ4v) is 2.12. The van der Waals surface area contributed by atoms with Gasteiger partial charge < -0.3 is 5.32 Å². The summed E-state index contributed by atoms with van der Waals surface area (Å²) in [6.45, 7) is 0. The van der Waals surface area contributed by atoms with Crippen LogP contribution < -0.4 is 5.32 Å². The number of carbonyl (C=O) groups is 1. The number of amides is 1. The van der Waals surface area contributed by atoms with Crippen LogP contribution >= 0.6 is 27.5 Å². The standard InChI is InChI=1S/C11H11BrClNO/c12-9-3-1-2-8(6-9)10(15)14-11(7-13)4-5-11/h1-3,6H,4-5,7H2,(H,14,15). The lowest BCUT2D eigenvalue weighted by atomic mass is 10.2. The number of alkyl halides is 1. The topological polar surface area (TPSA) is 29.1 Å². The second-order valence-electron chi connectivity index (χ2n) is 3.88. The average molecular weight is 289 g/mol. The Labute approximate surface area is 102 Å². The van der Waals surface area contributed by atoms with Crippen molar-refractivity contribution in [1.29, 1.82) is 0 Å². The average Bonchev–Trinajstić information content (AvgIpc) is 2.98. The molecule has 1 aromatic rings. The molecule has 80 valence electrons. The minimum atomic E-state index is -0.138. The van der Waals surface area contributed by atoms with Gasteiger partial charge in [0.05, 0.1) is 5.54 Å². The van der Waals surface area contributed by atoms with Crippen molar-refractivity contribution in [3.05, 3.63) is 34.3 Å². The van der Waals surface area contributed by atoms with Crippen LogP contribution in [0.1, 0.15) is 23.2 Å². The molecule has 2 nitrogen and oxygen atoms in total. The van der Waals surface area contributed by atoms with E-state index in [-0.39, 0.29) is 11.4 Å². The predicted octanol–water partition coefficient (Wildman–Crippen LogP) is 2.95. The van der Waals surface area contributed by atoms with Crippen LogP contribution in [0.4, 0.5) is 0 Å². The number of nitrogens with one attached hydrogen (secondary N) is 1. The minimum absolute atomic E-state index is 0.0468. The number of carbonyl (C=O) groups excluding carboxylic acids is 1. The fraction of sp³-hybridized carbons (Fsp3) is 0.364. The molecule has 1 aliphatic carbocycles. The van der Waals surface area contributed by atoms with Crippen LogP contribution in [0.3, 0.4) is 0 Å². The summed E-state index contributed by atoms with van der Waals surface area (Å²) in [5.74, 6) is 0.446. The van der Waals surface area contributed by atoms with Gasteiger partial charge in [0.25, 0.3) is 5.91 Å². The molecule has 1 aliphatic rings. The van der Waals surface area contributed by atoms with E-state index in [4.69, 9.17) is 11.6 Å². The molecule has 1 aromatic carbocycles. The maximum Gasteiger partial charge on any atom is 0.251 e. The van der Waals surface area contributed by atoms with Crippen LogP contribution in [-0.2, 0) is 0 Å². The summed E-state index contributed by atoms with van der Waals surface area (Å²) in [6.07, 6.45) is 1.96. The Balaban J connectivity index is 2.08. The smallest absolute Gasteiger partial charge is 0.251 e.